The van der Waals surface area contributed by atoms with Crippen molar-refractivity contribution in [2.24, 2.45) is 5.92 Å². The molecule has 0 radical (unpaired) electrons. The van der Waals surface area contributed by atoms with Gasteiger partial charge in [0.2, 0.25) is 5.91 Å². The minimum Gasteiger partial charge on any atom is -0.381 e. The van der Waals surface area contributed by atoms with Gasteiger partial charge in [-0.25, -0.2) is 0 Å². The summed E-state index contributed by atoms with van der Waals surface area (Å²) in [7, 11) is 0. The fourth-order valence-electron chi connectivity index (χ4n) is 4.28. The van der Waals surface area contributed by atoms with Gasteiger partial charge < -0.3 is 20.7 Å². The van der Waals surface area contributed by atoms with Crippen molar-refractivity contribution in [2.45, 2.75) is 57.0 Å². The van der Waals surface area contributed by atoms with E-state index in [0.29, 0.717) is 18.9 Å². The summed E-state index contributed by atoms with van der Waals surface area (Å²) in [4.78, 5) is 12.4. The van der Waals surface area contributed by atoms with Gasteiger partial charge in [-0.05, 0) is 63.6 Å². The van der Waals surface area contributed by atoms with Gasteiger partial charge in [0, 0.05) is 37.8 Å². The molecule has 2 saturated heterocycles. The molecule has 1 aromatic carbocycles. The molecule has 2 heterocycles. The Hall–Kier alpha value is -0.850. The minimum atomic E-state index is -0.0854. The first-order valence-corrected chi connectivity index (χ1v) is 10.5. The molecule has 0 bridgehead atoms. The van der Waals surface area contributed by atoms with Crippen molar-refractivity contribution in [3.63, 3.8) is 0 Å². The van der Waals surface area contributed by atoms with Crippen LogP contribution >= 0.6 is 24.8 Å². The Kier molecular flexibility index (Phi) is 12.1. The number of carbonyl (C=O) groups excluding carboxylic acids is 1. The van der Waals surface area contributed by atoms with Crippen molar-refractivity contribution >= 4 is 30.7 Å². The third-order valence-electron chi connectivity index (χ3n) is 6.13. The van der Waals surface area contributed by atoms with Crippen LogP contribution in [0.4, 0.5) is 0 Å². The number of carbonyl (C=O) groups is 1. The lowest BCUT2D eigenvalue weighted by Crippen LogP contribution is -2.57. The molecule has 1 aromatic rings. The van der Waals surface area contributed by atoms with E-state index in [4.69, 9.17) is 4.74 Å². The molecule has 29 heavy (non-hydrogen) atoms. The lowest BCUT2D eigenvalue weighted by molar-refractivity contribution is -0.122. The first kappa shape index (κ1) is 26.2. The van der Waals surface area contributed by atoms with Crippen LogP contribution in [-0.2, 0) is 9.53 Å². The summed E-state index contributed by atoms with van der Waals surface area (Å²) in [6.07, 6.45) is 5.91. The number of amides is 1. The summed E-state index contributed by atoms with van der Waals surface area (Å²) >= 11 is 0. The lowest BCUT2D eigenvalue weighted by atomic mass is 9.88. The van der Waals surface area contributed by atoms with Crippen LogP contribution in [0.15, 0.2) is 30.3 Å². The molecule has 1 atom stereocenters. The quantitative estimate of drug-likeness (QED) is 0.571. The fourth-order valence-corrected chi connectivity index (χ4v) is 4.28. The van der Waals surface area contributed by atoms with Gasteiger partial charge in [-0.3, -0.25) is 4.79 Å². The number of rotatable bonds is 8. The Morgan fingerprint density at radius 2 is 1.83 bits per heavy atom. The number of halogens is 2. The largest absolute Gasteiger partial charge is 0.381 e. The summed E-state index contributed by atoms with van der Waals surface area (Å²) in [5, 5.41) is 10.4. The van der Waals surface area contributed by atoms with Crippen LogP contribution < -0.4 is 16.0 Å². The predicted molar refractivity (Wildman–Crippen MR) is 123 cm³/mol. The molecule has 2 aliphatic heterocycles. The van der Waals surface area contributed by atoms with E-state index in [1.807, 2.05) is 6.07 Å². The van der Waals surface area contributed by atoms with Gasteiger partial charge in [0.1, 0.15) is 0 Å². The van der Waals surface area contributed by atoms with Crippen LogP contribution in [0.25, 0.3) is 0 Å². The van der Waals surface area contributed by atoms with Crippen LogP contribution in [0.1, 0.15) is 57.1 Å². The lowest BCUT2D eigenvalue weighted by Gasteiger charge is -2.40. The fraction of sp³-hybridized carbons (Fsp3) is 0.682. The van der Waals surface area contributed by atoms with E-state index >= 15 is 0 Å². The molecule has 0 aliphatic carbocycles. The maximum atomic E-state index is 12.4. The summed E-state index contributed by atoms with van der Waals surface area (Å²) in [5.74, 6) is 0.888. The highest BCUT2D eigenvalue weighted by Crippen LogP contribution is 2.25. The van der Waals surface area contributed by atoms with Gasteiger partial charge in [0.15, 0.2) is 0 Å². The number of nitrogens with one attached hydrogen (secondary N) is 3. The van der Waals surface area contributed by atoms with E-state index in [1.165, 1.54) is 18.4 Å². The molecular weight excluding hydrogens is 409 g/mol. The van der Waals surface area contributed by atoms with E-state index in [2.05, 4.69) is 47.1 Å². The number of ether oxygens (including phenoxy) is 1. The first-order chi connectivity index (χ1) is 13.2. The van der Waals surface area contributed by atoms with Gasteiger partial charge in [-0.15, -0.1) is 24.8 Å². The molecule has 3 N–H and O–H groups in total. The molecule has 1 amide bonds. The highest BCUT2D eigenvalue weighted by Gasteiger charge is 2.34. The van der Waals surface area contributed by atoms with Gasteiger partial charge in [-0.2, -0.15) is 0 Å². The zero-order valence-electron chi connectivity index (χ0n) is 17.5. The molecule has 0 aromatic heterocycles. The maximum absolute atomic E-state index is 12.4. The SMILES string of the molecule is CC(NC1(CNC(=O)CCC2CCNCC2)CCOCC1)c1ccccc1.Cl.Cl. The smallest absolute Gasteiger partial charge is 0.220 e. The van der Waals surface area contributed by atoms with Gasteiger partial charge in [0.25, 0.3) is 0 Å². The number of piperidine rings is 1. The predicted octanol–water partition coefficient (Wildman–Crippen LogP) is 3.63. The van der Waals surface area contributed by atoms with Crippen molar-refractivity contribution < 1.29 is 9.53 Å². The molecule has 5 nitrogen and oxygen atoms in total. The van der Waals surface area contributed by atoms with Crippen molar-refractivity contribution in [2.75, 3.05) is 32.8 Å². The zero-order chi connectivity index (χ0) is 19.0. The Morgan fingerprint density at radius 1 is 1.17 bits per heavy atom. The molecule has 166 valence electrons. The number of hydrogen-bond acceptors (Lipinski definition) is 4. The standard InChI is InChI=1S/C22H35N3O2.2ClH/c1-18(20-5-3-2-4-6-20)25-22(11-15-27-16-12-22)17-24-21(26)8-7-19-9-13-23-14-10-19;;/h2-6,18-19,23,25H,7-17H2,1H3,(H,24,26);2*1H. The molecule has 2 fully saturated rings. The van der Waals surface area contributed by atoms with E-state index in [-0.39, 0.29) is 42.3 Å². The third-order valence-corrected chi connectivity index (χ3v) is 6.13. The van der Waals surface area contributed by atoms with E-state index < -0.39 is 0 Å². The maximum Gasteiger partial charge on any atom is 0.220 e. The van der Waals surface area contributed by atoms with Crippen LogP contribution in [0, 0.1) is 5.92 Å². The zero-order valence-corrected chi connectivity index (χ0v) is 19.1. The molecular formula is C22H37Cl2N3O2. The summed E-state index contributed by atoms with van der Waals surface area (Å²) in [6.45, 7) is 6.57. The van der Waals surface area contributed by atoms with Gasteiger partial charge >= 0.3 is 0 Å². The average molecular weight is 446 g/mol. The van der Waals surface area contributed by atoms with Gasteiger partial charge in [-0.1, -0.05) is 30.3 Å². The Bertz CT molecular complexity index is 577. The third kappa shape index (κ3) is 8.42. The topological polar surface area (TPSA) is 62.4 Å². The van der Waals surface area contributed by atoms with Crippen LogP contribution in [0.5, 0.6) is 0 Å². The van der Waals surface area contributed by atoms with E-state index in [0.717, 1.165) is 45.6 Å². The number of benzene rings is 1. The van der Waals surface area contributed by atoms with Crippen LogP contribution in [-0.4, -0.2) is 44.3 Å². The van der Waals surface area contributed by atoms with E-state index in [1.54, 1.807) is 0 Å². The Morgan fingerprint density at radius 3 is 2.48 bits per heavy atom. The monoisotopic (exact) mass is 445 g/mol. The van der Waals surface area contributed by atoms with Crippen LogP contribution in [0.3, 0.4) is 0 Å². The highest BCUT2D eigenvalue weighted by molar-refractivity contribution is 5.85. The molecule has 7 heteroatoms. The average Bonchev–Trinajstić information content (AvgIpc) is 2.73. The second-order valence-electron chi connectivity index (χ2n) is 8.18. The van der Waals surface area contributed by atoms with E-state index in [9.17, 15) is 4.79 Å². The number of hydrogen-bond donors (Lipinski definition) is 3. The summed E-state index contributed by atoms with van der Waals surface area (Å²) in [5.41, 5.74) is 1.19. The molecule has 0 saturated carbocycles. The molecule has 2 aliphatic rings. The highest BCUT2D eigenvalue weighted by atomic mass is 35.5. The minimum absolute atomic E-state index is 0. The summed E-state index contributed by atoms with van der Waals surface area (Å²) in [6, 6.07) is 10.8. The normalized spacial score (nSPS) is 20.0. The molecule has 1 unspecified atom stereocenters. The van der Waals surface area contributed by atoms with Crippen molar-refractivity contribution in [3.8, 4) is 0 Å². The van der Waals surface area contributed by atoms with Gasteiger partial charge in [0.05, 0.1) is 0 Å². The first-order valence-electron chi connectivity index (χ1n) is 10.5. The Balaban J connectivity index is 0.00000210. The second-order valence-corrected chi connectivity index (χ2v) is 8.18. The van der Waals surface area contributed by atoms with Crippen molar-refractivity contribution in [1.82, 2.24) is 16.0 Å². The van der Waals surface area contributed by atoms with Crippen molar-refractivity contribution in [1.29, 1.82) is 0 Å². The molecule has 3 rings (SSSR count). The second kappa shape index (κ2) is 13.5. The summed E-state index contributed by atoms with van der Waals surface area (Å²) < 4.78 is 5.59. The molecule has 0 spiro atoms. The van der Waals surface area contributed by atoms with Crippen LogP contribution in [0.2, 0.25) is 0 Å². The van der Waals surface area contributed by atoms with Crippen molar-refractivity contribution in [3.05, 3.63) is 35.9 Å². The Labute approximate surface area is 187 Å².